The van der Waals surface area contributed by atoms with Gasteiger partial charge in [-0.15, -0.1) is 0 Å². The molecule has 2 aromatic heterocycles. The van der Waals surface area contributed by atoms with Crippen LogP contribution in [0.25, 0.3) is 16.8 Å². The van der Waals surface area contributed by atoms with Gasteiger partial charge in [0.1, 0.15) is 5.82 Å². The largest absolute Gasteiger partial charge is 0.367 e. The van der Waals surface area contributed by atoms with Crippen molar-refractivity contribution in [3.8, 4) is 11.1 Å². The highest BCUT2D eigenvalue weighted by molar-refractivity contribution is 5.81. The van der Waals surface area contributed by atoms with Crippen LogP contribution in [-0.2, 0) is 12.8 Å². The smallest absolute Gasteiger partial charge is 0.165 e. The lowest BCUT2D eigenvalue weighted by Gasteiger charge is -2.17. The minimum atomic E-state index is 0.421. The Morgan fingerprint density at radius 3 is 2.75 bits per heavy atom. The van der Waals surface area contributed by atoms with E-state index in [0.29, 0.717) is 6.04 Å². The van der Waals surface area contributed by atoms with Crippen LogP contribution in [0.1, 0.15) is 43.6 Å². The van der Waals surface area contributed by atoms with Crippen LogP contribution in [0.2, 0.25) is 0 Å². The summed E-state index contributed by atoms with van der Waals surface area (Å²) in [5.74, 6) is 1.15. The zero-order chi connectivity index (χ0) is 16.7. The van der Waals surface area contributed by atoms with E-state index in [0.717, 1.165) is 42.0 Å². The number of hydrogen-bond acceptors (Lipinski definition) is 3. The van der Waals surface area contributed by atoms with E-state index >= 15 is 0 Å². The van der Waals surface area contributed by atoms with Gasteiger partial charge < -0.3 is 5.32 Å². The summed E-state index contributed by atoms with van der Waals surface area (Å²) >= 11 is 0. The van der Waals surface area contributed by atoms with Crippen LogP contribution >= 0.6 is 0 Å². The second-order valence-electron chi connectivity index (χ2n) is 6.75. The van der Waals surface area contributed by atoms with Gasteiger partial charge >= 0.3 is 0 Å². The van der Waals surface area contributed by atoms with Gasteiger partial charge in [0.15, 0.2) is 5.65 Å². The number of anilines is 1. The predicted molar refractivity (Wildman–Crippen MR) is 98.6 cm³/mol. The molecule has 0 bridgehead atoms. The number of benzene rings is 1. The molecule has 0 saturated heterocycles. The number of fused-ring (bicyclic) bond motifs is 2. The average molecular weight is 320 g/mol. The first-order chi connectivity index (χ1) is 11.7. The Kier molecular flexibility index (Phi) is 3.75. The molecule has 0 unspecified atom stereocenters. The highest BCUT2D eigenvalue weighted by Gasteiger charge is 2.24. The van der Waals surface area contributed by atoms with Crippen molar-refractivity contribution in [3.63, 3.8) is 0 Å². The molecule has 1 N–H and O–H groups in total. The van der Waals surface area contributed by atoms with Crippen molar-refractivity contribution < 1.29 is 0 Å². The summed E-state index contributed by atoms with van der Waals surface area (Å²) in [5, 5.41) is 8.53. The predicted octanol–water partition coefficient (Wildman–Crippen LogP) is 4.40. The SMILES string of the molecule is CC[C@H](C)Nc1c2c(nc3c(-c4ccccc4)c(C)nn13)CCC2. The van der Waals surface area contributed by atoms with Crippen molar-refractivity contribution in [2.24, 2.45) is 0 Å². The summed E-state index contributed by atoms with van der Waals surface area (Å²) in [7, 11) is 0. The molecule has 0 amide bonds. The molecule has 4 nitrogen and oxygen atoms in total. The van der Waals surface area contributed by atoms with Gasteiger partial charge in [0.2, 0.25) is 0 Å². The molecule has 124 valence electrons. The number of aryl methyl sites for hydroxylation is 2. The number of nitrogens with one attached hydrogen (secondary N) is 1. The van der Waals surface area contributed by atoms with Crippen LogP contribution in [0.3, 0.4) is 0 Å². The molecule has 0 fully saturated rings. The monoisotopic (exact) mass is 320 g/mol. The van der Waals surface area contributed by atoms with E-state index in [1.807, 2.05) is 10.6 Å². The van der Waals surface area contributed by atoms with E-state index in [1.54, 1.807) is 0 Å². The summed E-state index contributed by atoms with van der Waals surface area (Å²) in [6.07, 6.45) is 4.44. The number of aromatic nitrogens is 3. The molecule has 0 aliphatic heterocycles. The lowest BCUT2D eigenvalue weighted by atomic mass is 10.1. The topological polar surface area (TPSA) is 42.2 Å². The van der Waals surface area contributed by atoms with Gasteiger partial charge in [-0.1, -0.05) is 37.3 Å². The van der Waals surface area contributed by atoms with Gasteiger partial charge in [-0.05, 0) is 45.1 Å². The molecule has 1 atom stereocenters. The minimum absolute atomic E-state index is 0.421. The van der Waals surface area contributed by atoms with Crippen molar-refractivity contribution in [3.05, 3.63) is 47.3 Å². The summed E-state index contributed by atoms with van der Waals surface area (Å²) in [6, 6.07) is 10.9. The highest BCUT2D eigenvalue weighted by Crippen LogP contribution is 2.34. The van der Waals surface area contributed by atoms with Gasteiger partial charge in [-0.25, -0.2) is 4.98 Å². The van der Waals surface area contributed by atoms with E-state index in [9.17, 15) is 0 Å². The molecule has 4 rings (SSSR count). The second kappa shape index (κ2) is 5.93. The lowest BCUT2D eigenvalue weighted by molar-refractivity contribution is 0.743. The Labute approximate surface area is 142 Å². The van der Waals surface area contributed by atoms with E-state index in [1.165, 1.54) is 23.2 Å². The molecule has 0 saturated carbocycles. The molecule has 1 aliphatic carbocycles. The summed E-state index contributed by atoms with van der Waals surface area (Å²) in [5.41, 5.74) is 6.94. The van der Waals surface area contributed by atoms with Crippen molar-refractivity contribution in [2.45, 2.75) is 52.5 Å². The quantitative estimate of drug-likeness (QED) is 0.774. The van der Waals surface area contributed by atoms with Gasteiger partial charge in [0.25, 0.3) is 0 Å². The van der Waals surface area contributed by atoms with E-state index in [4.69, 9.17) is 10.1 Å². The molecule has 24 heavy (non-hydrogen) atoms. The second-order valence-corrected chi connectivity index (χ2v) is 6.75. The Morgan fingerprint density at radius 1 is 1.21 bits per heavy atom. The minimum Gasteiger partial charge on any atom is -0.367 e. The van der Waals surface area contributed by atoms with Crippen molar-refractivity contribution in [2.75, 3.05) is 5.32 Å². The van der Waals surface area contributed by atoms with Gasteiger partial charge in [0, 0.05) is 22.9 Å². The molecule has 3 aromatic rings. The molecule has 0 radical (unpaired) electrons. The molecule has 0 spiro atoms. The fourth-order valence-corrected chi connectivity index (χ4v) is 3.56. The third-order valence-corrected chi connectivity index (χ3v) is 5.02. The van der Waals surface area contributed by atoms with E-state index in [-0.39, 0.29) is 0 Å². The number of hydrogen-bond donors (Lipinski definition) is 1. The highest BCUT2D eigenvalue weighted by atomic mass is 15.3. The van der Waals surface area contributed by atoms with Crippen molar-refractivity contribution in [1.82, 2.24) is 14.6 Å². The van der Waals surface area contributed by atoms with Crippen LogP contribution in [0.15, 0.2) is 30.3 Å². The van der Waals surface area contributed by atoms with E-state index < -0.39 is 0 Å². The standard InChI is InChI=1S/C20H24N4/c1-4-13(2)21-19-16-11-8-12-17(16)22-20-18(14(3)23-24(19)20)15-9-6-5-7-10-15/h5-7,9-10,13,21H,4,8,11-12H2,1-3H3/t13-/m0/s1. The fraction of sp³-hybridized carbons (Fsp3) is 0.400. The molecular weight excluding hydrogens is 296 g/mol. The number of nitrogens with zero attached hydrogens (tertiary/aromatic N) is 3. The lowest BCUT2D eigenvalue weighted by Crippen LogP contribution is -2.18. The third-order valence-electron chi connectivity index (χ3n) is 5.02. The van der Waals surface area contributed by atoms with Gasteiger partial charge in [-0.3, -0.25) is 0 Å². The van der Waals surface area contributed by atoms with Crippen LogP contribution in [0, 0.1) is 6.92 Å². The zero-order valence-corrected chi connectivity index (χ0v) is 14.6. The van der Waals surface area contributed by atoms with Crippen molar-refractivity contribution >= 4 is 11.5 Å². The average Bonchev–Trinajstić information content (AvgIpc) is 3.19. The molecule has 1 aliphatic rings. The van der Waals surface area contributed by atoms with Crippen LogP contribution in [-0.4, -0.2) is 20.6 Å². The summed E-state index contributed by atoms with van der Waals surface area (Å²) < 4.78 is 2.04. The van der Waals surface area contributed by atoms with Crippen LogP contribution < -0.4 is 5.32 Å². The summed E-state index contributed by atoms with van der Waals surface area (Å²) in [4.78, 5) is 5.01. The van der Waals surface area contributed by atoms with Gasteiger partial charge in [0.05, 0.1) is 5.69 Å². The maximum absolute atomic E-state index is 5.01. The Bertz CT molecular complexity index is 880. The normalized spacial score (nSPS) is 14.8. The zero-order valence-electron chi connectivity index (χ0n) is 14.6. The fourth-order valence-electron chi connectivity index (χ4n) is 3.56. The van der Waals surface area contributed by atoms with Gasteiger partial charge in [-0.2, -0.15) is 9.61 Å². The maximum atomic E-state index is 5.01. The molecule has 2 heterocycles. The maximum Gasteiger partial charge on any atom is 0.165 e. The third kappa shape index (κ3) is 2.37. The van der Waals surface area contributed by atoms with Crippen LogP contribution in [0.4, 0.5) is 5.82 Å². The van der Waals surface area contributed by atoms with E-state index in [2.05, 4.69) is 50.4 Å². The Balaban J connectivity index is 1.98. The molecule has 4 heteroatoms. The first kappa shape index (κ1) is 15.2. The first-order valence-electron chi connectivity index (χ1n) is 8.92. The van der Waals surface area contributed by atoms with Crippen LogP contribution in [0.5, 0.6) is 0 Å². The molecule has 1 aromatic carbocycles. The van der Waals surface area contributed by atoms with Crippen molar-refractivity contribution in [1.29, 1.82) is 0 Å². The Morgan fingerprint density at radius 2 is 2.00 bits per heavy atom. The number of rotatable bonds is 4. The Hall–Kier alpha value is -2.36. The molecular formula is C20H24N4. The first-order valence-corrected chi connectivity index (χ1v) is 8.92. The summed E-state index contributed by atoms with van der Waals surface area (Å²) in [6.45, 7) is 6.51.